The summed E-state index contributed by atoms with van der Waals surface area (Å²) < 4.78 is 1.60. The molecule has 0 atom stereocenters. The maximum Gasteiger partial charge on any atom is 0.263 e. The van der Waals surface area contributed by atoms with Crippen molar-refractivity contribution in [2.24, 2.45) is 0 Å². The molecule has 0 saturated carbocycles. The number of hydrogen-bond acceptors (Lipinski definition) is 5. The van der Waals surface area contributed by atoms with Crippen LogP contribution in [0.5, 0.6) is 0 Å². The first kappa shape index (κ1) is 25.7. The smallest absolute Gasteiger partial charge is 0.263 e. The number of anilines is 1. The second-order valence-corrected chi connectivity index (χ2v) is 10.8. The summed E-state index contributed by atoms with van der Waals surface area (Å²) in [5.41, 5.74) is 6.84. The summed E-state index contributed by atoms with van der Waals surface area (Å²) in [6.07, 6.45) is 1.68. The van der Waals surface area contributed by atoms with E-state index in [-0.39, 0.29) is 17.2 Å². The van der Waals surface area contributed by atoms with Crippen molar-refractivity contribution >= 4 is 44.9 Å². The Morgan fingerprint density at radius 1 is 1.03 bits per heavy atom. The fourth-order valence-corrected chi connectivity index (χ4v) is 6.08. The van der Waals surface area contributed by atoms with Gasteiger partial charge in [-0.25, -0.2) is 4.98 Å². The minimum absolute atomic E-state index is 0.129. The Bertz CT molecular complexity index is 1690. The van der Waals surface area contributed by atoms with Crippen LogP contribution in [0.25, 0.3) is 32.5 Å². The average molecular weight is 538 g/mol. The third kappa shape index (κ3) is 5.35. The van der Waals surface area contributed by atoms with Crippen molar-refractivity contribution in [3.63, 3.8) is 0 Å². The zero-order valence-corrected chi connectivity index (χ0v) is 22.9. The minimum atomic E-state index is -0.145. The molecule has 0 aliphatic heterocycles. The molecule has 0 aliphatic rings. The van der Waals surface area contributed by atoms with Crippen LogP contribution in [-0.2, 0) is 11.3 Å². The van der Waals surface area contributed by atoms with Gasteiger partial charge in [-0.15, -0.1) is 17.9 Å². The van der Waals surface area contributed by atoms with Gasteiger partial charge < -0.3 is 5.32 Å². The van der Waals surface area contributed by atoms with Gasteiger partial charge in [-0.3, -0.25) is 14.2 Å². The van der Waals surface area contributed by atoms with E-state index in [1.165, 1.54) is 23.1 Å². The SMILES string of the molecule is C=CCn1c(SCC(=O)Nc2cc(C)ccc2C)nc2scc(-c3ccc(-c4ccccc4)cc3)c2c1=O. The average Bonchev–Trinajstić information content (AvgIpc) is 3.36. The first-order valence-corrected chi connectivity index (χ1v) is 14.1. The standard InChI is InChI=1S/C31H27N3O2S2/c1-4-16-34-30(36)28-25(24-14-12-23(13-15-24)22-8-6-5-7-9-22)18-37-29(28)33-31(34)38-19-27(35)32-26-17-20(2)10-11-21(26)3/h4-15,17-18H,1,16,19H2,2-3H3,(H,32,35). The van der Waals surface area contributed by atoms with E-state index in [1.807, 2.05) is 67.8 Å². The predicted molar refractivity (Wildman–Crippen MR) is 160 cm³/mol. The highest BCUT2D eigenvalue weighted by atomic mass is 32.2. The normalized spacial score (nSPS) is 11.0. The van der Waals surface area contributed by atoms with Gasteiger partial charge in [0, 0.05) is 23.2 Å². The topological polar surface area (TPSA) is 64.0 Å². The molecule has 0 spiro atoms. The molecule has 0 aliphatic carbocycles. The number of carbonyl (C=O) groups excluding carboxylic acids is 1. The summed E-state index contributed by atoms with van der Waals surface area (Å²) in [6.45, 7) is 8.08. The lowest BCUT2D eigenvalue weighted by Gasteiger charge is -2.12. The van der Waals surface area contributed by atoms with Gasteiger partial charge in [0.1, 0.15) is 4.83 Å². The molecule has 5 nitrogen and oxygen atoms in total. The zero-order valence-electron chi connectivity index (χ0n) is 21.2. The quantitative estimate of drug-likeness (QED) is 0.128. The van der Waals surface area contributed by atoms with Crippen molar-refractivity contribution in [1.82, 2.24) is 9.55 Å². The van der Waals surface area contributed by atoms with Crippen molar-refractivity contribution in [2.75, 3.05) is 11.1 Å². The number of nitrogens with one attached hydrogen (secondary N) is 1. The number of thiophene rings is 1. The number of hydrogen-bond donors (Lipinski definition) is 1. The third-order valence-corrected chi connectivity index (χ3v) is 8.12. The molecule has 2 aromatic heterocycles. The zero-order chi connectivity index (χ0) is 26.6. The van der Waals surface area contributed by atoms with Gasteiger partial charge in [0.15, 0.2) is 5.16 Å². The number of nitrogens with zero attached hydrogens (tertiary/aromatic N) is 2. The molecule has 0 bridgehead atoms. The number of aryl methyl sites for hydroxylation is 2. The Hall–Kier alpha value is -3.94. The van der Waals surface area contributed by atoms with Gasteiger partial charge in [0.25, 0.3) is 5.56 Å². The Morgan fingerprint density at radius 3 is 2.47 bits per heavy atom. The van der Waals surface area contributed by atoms with Gasteiger partial charge in [0.2, 0.25) is 5.91 Å². The van der Waals surface area contributed by atoms with E-state index >= 15 is 0 Å². The molecule has 1 amide bonds. The van der Waals surface area contributed by atoms with E-state index < -0.39 is 0 Å². The van der Waals surface area contributed by atoms with E-state index in [1.54, 1.807) is 10.6 Å². The highest BCUT2D eigenvalue weighted by Crippen LogP contribution is 2.33. The van der Waals surface area contributed by atoms with E-state index in [4.69, 9.17) is 4.98 Å². The van der Waals surface area contributed by atoms with Gasteiger partial charge in [0.05, 0.1) is 11.1 Å². The number of allylic oxidation sites excluding steroid dienone is 1. The Labute approximate surface area is 229 Å². The van der Waals surface area contributed by atoms with Crippen molar-refractivity contribution in [3.8, 4) is 22.3 Å². The first-order chi connectivity index (χ1) is 18.4. The number of benzene rings is 3. The maximum atomic E-state index is 13.7. The van der Waals surface area contributed by atoms with Crippen molar-refractivity contribution in [2.45, 2.75) is 25.5 Å². The fraction of sp³-hybridized carbons (Fsp3) is 0.129. The molecule has 0 unspecified atom stereocenters. The van der Waals surface area contributed by atoms with E-state index in [2.05, 4.69) is 36.2 Å². The van der Waals surface area contributed by atoms with Gasteiger partial charge in [-0.1, -0.05) is 84.6 Å². The highest BCUT2D eigenvalue weighted by Gasteiger charge is 2.18. The summed E-state index contributed by atoms with van der Waals surface area (Å²) >= 11 is 2.70. The number of thioether (sulfide) groups is 1. The minimum Gasteiger partial charge on any atom is -0.325 e. The van der Waals surface area contributed by atoms with Crippen LogP contribution >= 0.6 is 23.1 Å². The van der Waals surface area contributed by atoms with E-state index in [9.17, 15) is 9.59 Å². The molecule has 38 heavy (non-hydrogen) atoms. The molecule has 0 saturated heterocycles. The van der Waals surface area contributed by atoms with Crippen molar-refractivity contribution in [1.29, 1.82) is 0 Å². The largest absolute Gasteiger partial charge is 0.325 e. The van der Waals surface area contributed by atoms with E-state index in [0.29, 0.717) is 21.9 Å². The summed E-state index contributed by atoms with van der Waals surface area (Å²) in [7, 11) is 0. The van der Waals surface area contributed by atoms with Gasteiger partial charge in [-0.05, 0) is 47.7 Å². The Morgan fingerprint density at radius 2 is 1.74 bits per heavy atom. The Balaban J connectivity index is 1.42. The highest BCUT2D eigenvalue weighted by molar-refractivity contribution is 7.99. The van der Waals surface area contributed by atoms with Crippen LogP contribution in [0.1, 0.15) is 11.1 Å². The predicted octanol–water partition coefficient (Wildman–Crippen LogP) is 7.33. The number of fused-ring (bicyclic) bond motifs is 1. The number of aromatic nitrogens is 2. The maximum absolute atomic E-state index is 13.7. The molecular formula is C31H27N3O2S2. The molecular weight excluding hydrogens is 510 g/mol. The lowest BCUT2D eigenvalue weighted by molar-refractivity contribution is -0.113. The van der Waals surface area contributed by atoms with Gasteiger partial charge >= 0.3 is 0 Å². The summed E-state index contributed by atoms with van der Waals surface area (Å²) in [5, 5.41) is 6.05. The fourth-order valence-electron chi connectivity index (χ4n) is 4.28. The second kappa shape index (κ2) is 11.2. The van der Waals surface area contributed by atoms with E-state index in [0.717, 1.165) is 39.1 Å². The summed E-state index contributed by atoms with van der Waals surface area (Å²) in [6, 6.07) is 24.4. The van der Waals surface area contributed by atoms with Crippen molar-refractivity contribution < 1.29 is 4.79 Å². The lowest BCUT2D eigenvalue weighted by Crippen LogP contribution is -2.23. The van der Waals surface area contributed by atoms with Crippen LogP contribution in [0.2, 0.25) is 0 Å². The second-order valence-electron chi connectivity index (χ2n) is 9.03. The van der Waals surface area contributed by atoms with Gasteiger partial charge in [-0.2, -0.15) is 0 Å². The molecule has 7 heteroatoms. The third-order valence-electron chi connectivity index (χ3n) is 6.27. The molecule has 2 heterocycles. The molecule has 1 N–H and O–H groups in total. The number of carbonyl (C=O) groups is 1. The molecule has 5 aromatic rings. The lowest BCUT2D eigenvalue weighted by atomic mass is 10.0. The molecule has 0 fully saturated rings. The summed E-state index contributed by atoms with van der Waals surface area (Å²) in [4.78, 5) is 31.8. The number of amides is 1. The monoisotopic (exact) mass is 537 g/mol. The van der Waals surface area contributed by atoms with Crippen LogP contribution in [0, 0.1) is 13.8 Å². The van der Waals surface area contributed by atoms with Crippen LogP contribution in [0.15, 0.2) is 101 Å². The van der Waals surface area contributed by atoms with Crippen LogP contribution in [-0.4, -0.2) is 21.2 Å². The molecule has 190 valence electrons. The van der Waals surface area contributed by atoms with Crippen LogP contribution in [0.4, 0.5) is 5.69 Å². The molecule has 3 aromatic carbocycles. The molecule has 0 radical (unpaired) electrons. The summed E-state index contributed by atoms with van der Waals surface area (Å²) in [5.74, 6) is -0.00431. The first-order valence-electron chi connectivity index (χ1n) is 12.2. The Kier molecular flexibility index (Phi) is 7.58. The molecule has 5 rings (SSSR count). The van der Waals surface area contributed by atoms with Crippen LogP contribution < -0.4 is 10.9 Å². The van der Waals surface area contributed by atoms with Crippen LogP contribution in [0.3, 0.4) is 0 Å². The number of rotatable bonds is 8. The van der Waals surface area contributed by atoms with Crippen molar-refractivity contribution in [3.05, 3.63) is 112 Å².